The zero-order valence-corrected chi connectivity index (χ0v) is 11.1. The lowest BCUT2D eigenvalue weighted by atomic mass is 10.1. The predicted octanol–water partition coefficient (Wildman–Crippen LogP) is 2.05. The topological polar surface area (TPSA) is 24.5 Å². The van der Waals surface area contributed by atoms with Crippen LogP contribution in [-0.2, 0) is 6.54 Å². The summed E-state index contributed by atoms with van der Waals surface area (Å²) >= 11 is 0. The van der Waals surface area contributed by atoms with E-state index in [1.54, 1.807) is 6.08 Å². The second-order valence-corrected chi connectivity index (χ2v) is 4.80. The van der Waals surface area contributed by atoms with Gasteiger partial charge in [-0.05, 0) is 13.0 Å². The highest BCUT2D eigenvalue weighted by atomic mass is 16.5. The Morgan fingerprint density at radius 3 is 3.11 bits per heavy atom. The Labute approximate surface area is 109 Å². The van der Waals surface area contributed by atoms with E-state index < -0.39 is 0 Å². The van der Waals surface area contributed by atoms with Crippen LogP contribution in [0.4, 0.5) is 0 Å². The number of rotatable bonds is 5. The number of hydrogen-bond acceptors (Lipinski definition) is 3. The number of para-hydroxylation sites is 1. The maximum Gasteiger partial charge on any atom is 0.124 e. The molecule has 3 nitrogen and oxygen atoms in total. The Balaban J connectivity index is 2.01. The first-order valence-electron chi connectivity index (χ1n) is 6.57. The average molecular weight is 246 g/mol. The summed E-state index contributed by atoms with van der Waals surface area (Å²) in [6.45, 7) is 10.7. The van der Waals surface area contributed by atoms with Gasteiger partial charge >= 0.3 is 0 Å². The maximum absolute atomic E-state index is 5.69. The van der Waals surface area contributed by atoms with Crippen molar-refractivity contribution in [2.45, 2.75) is 19.5 Å². The third-order valence-corrected chi connectivity index (χ3v) is 3.18. The quantitative estimate of drug-likeness (QED) is 0.805. The molecule has 1 aromatic rings. The van der Waals surface area contributed by atoms with Crippen molar-refractivity contribution in [3.05, 3.63) is 42.5 Å². The van der Waals surface area contributed by atoms with E-state index in [1.165, 1.54) is 5.56 Å². The molecule has 0 saturated carbocycles. The summed E-state index contributed by atoms with van der Waals surface area (Å²) in [7, 11) is 0. The Bertz CT molecular complexity index is 392. The maximum atomic E-state index is 5.69. The fourth-order valence-electron chi connectivity index (χ4n) is 2.32. The van der Waals surface area contributed by atoms with Gasteiger partial charge in [0.05, 0.1) is 0 Å². The summed E-state index contributed by atoms with van der Waals surface area (Å²) in [6.07, 6.45) is 1.78. The summed E-state index contributed by atoms with van der Waals surface area (Å²) < 4.78 is 5.69. The molecule has 0 aromatic heterocycles. The van der Waals surface area contributed by atoms with Gasteiger partial charge in [-0.2, -0.15) is 0 Å². The highest BCUT2D eigenvalue weighted by molar-refractivity contribution is 5.33. The van der Waals surface area contributed by atoms with Gasteiger partial charge in [0, 0.05) is 37.8 Å². The van der Waals surface area contributed by atoms with Gasteiger partial charge in [-0.15, -0.1) is 0 Å². The van der Waals surface area contributed by atoms with Crippen LogP contribution in [0.15, 0.2) is 36.9 Å². The zero-order valence-electron chi connectivity index (χ0n) is 11.1. The van der Waals surface area contributed by atoms with Crippen molar-refractivity contribution < 1.29 is 4.74 Å². The first-order valence-corrected chi connectivity index (χ1v) is 6.57. The Kier molecular flexibility index (Phi) is 4.79. The lowest BCUT2D eigenvalue weighted by Gasteiger charge is -2.32. The van der Waals surface area contributed by atoms with Crippen molar-refractivity contribution in [1.82, 2.24) is 10.2 Å². The molecule has 98 valence electrons. The fourth-order valence-corrected chi connectivity index (χ4v) is 2.32. The molecule has 1 saturated heterocycles. The van der Waals surface area contributed by atoms with Crippen LogP contribution in [0.3, 0.4) is 0 Å². The normalized spacial score (nSPS) is 20.6. The predicted molar refractivity (Wildman–Crippen MR) is 74.9 cm³/mol. The van der Waals surface area contributed by atoms with Gasteiger partial charge in [0.2, 0.25) is 0 Å². The number of ether oxygens (including phenoxy) is 1. The van der Waals surface area contributed by atoms with Crippen molar-refractivity contribution in [3.8, 4) is 5.75 Å². The zero-order chi connectivity index (χ0) is 12.8. The van der Waals surface area contributed by atoms with Crippen LogP contribution in [0.5, 0.6) is 5.75 Å². The lowest BCUT2D eigenvalue weighted by molar-refractivity contribution is 0.197. The highest BCUT2D eigenvalue weighted by Crippen LogP contribution is 2.20. The SMILES string of the molecule is C=CCOc1ccccc1CN1CCN[C@H](C)C1. The van der Waals surface area contributed by atoms with E-state index in [-0.39, 0.29) is 0 Å². The van der Waals surface area contributed by atoms with Gasteiger partial charge in [-0.3, -0.25) is 4.90 Å². The smallest absolute Gasteiger partial charge is 0.124 e. The van der Waals surface area contributed by atoms with Crippen LogP contribution in [0.25, 0.3) is 0 Å². The van der Waals surface area contributed by atoms with Crippen LogP contribution < -0.4 is 10.1 Å². The van der Waals surface area contributed by atoms with Crippen molar-refractivity contribution in [3.63, 3.8) is 0 Å². The molecule has 0 unspecified atom stereocenters. The minimum absolute atomic E-state index is 0.564. The molecule has 0 spiro atoms. The molecule has 1 aliphatic heterocycles. The molecule has 0 bridgehead atoms. The number of nitrogens with zero attached hydrogens (tertiary/aromatic N) is 1. The van der Waals surface area contributed by atoms with Gasteiger partial charge in [0.25, 0.3) is 0 Å². The van der Waals surface area contributed by atoms with E-state index in [4.69, 9.17) is 4.74 Å². The standard InChI is InChI=1S/C15H22N2O/c1-3-10-18-15-7-5-4-6-14(15)12-17-9-8-16-13(2)11-17/h3-7,13,16H,1,8-12H2,2H3/t13-/m1/s1. The summed E-state index contributed by atoms with van der Waals surface area (Å²) in [5, 5.41) is 3.46. The van der Waals surface area contributed by atoms with E-state index in [1.807, 2.05) is 12.1 Å². The van der Waals surface area contributed by atoms with Crippen LogP contribution in [0, 0.1) is 0 Å². The molecule has 1 N–H and O–H groups in total. The third kappa shape index (κ3) is 3.59. The molecular formula is C15H22N2O. The Hall–Kier alpha value is -1.32. The highest BCUT2D eigenvalue weighted by Gasteiger charge is 2.16. The van der Waals surface area contributed by atoms with Crippen LogP contribution >= 0.6 is 0 Å². The van der Waals surface area contributed by atoms with Gasteiger partial charge < -0.3 is 10.1 Å². The van der Waals surface area contributed by atoms with Gasteiger partial charge in [0.15, 0.2) is 0 Å². The second-order valence-electron chi connectivity index (χ2n) is 4.80. The van der Waals surface area contributed by atoms with Crippen molar-refractivity contribution in [1.29, 1.82) is 0 Å². The lowest BCUT2D eigenvalue weighted by Crippen LogP contribution is -2.48. The average Bonchev–Trinajstić information content (AvgIpc) is 2.38. The van der Waals surface area contributed by atoms with Crippen LogP contribution in [0.2, 0.25) is 0 Å². The van der Waals surface area contributed by atoms with Crippen molar-refractivity contribution in [2.24, 2.45) is 0 Å². The van der Waals surface area contributed by atoms with Gasteiger partial charge in [0.1, 0.15) is 12.4 Å². The molecule has 1 aliphatic rings. The minimum atomic E-state index is 0.564. The van der Waals surface area contributed by atoms with E-state index in [9.17, 15) is 0 Å². The van der Waals surface area contributed by atoms with Crippen LogP contribution in [-0.4, -0.2) is 37.2 Å². The molecule has 3 heteroatoms. The summed E-state index contributed by atoms with van der Waals surface area (Å²) in [6, 6.07) is 8.83. The van der Waals surface area contributed by atoms with E-state index in [0.717, 1.165) is 31.9 Å². The molecule has 1 aromatic carbocycles. The molecule has 2 rings (SSSR count). The number of hydrogen-bond donors (Lipinski definition) is 1. The molecule has 0 radical (unpaired) electrons. The molecule has 0 aliphatic carbocycles. The third-order valence-electron chi connectivity index (χ3n) is 3.18. The van der Waals surface area contributed by atoms with Crippen molar-refractivity contribution >= 4 is 0 Å². The second kappa shape index (κ2) is 6.57. The molecule has 1 heterocycles. The van der Waals surface area contributed by atoms with E-state index in [0.29, 0.717) is 12.6 Å². The molecule has 1 atom stereocenters. The van der Waals surface area contributed by atoms with Gasteiger partial charge in [-0.1, -0.05) is 30.9 Å². The summed E-state index contributed by atoms with van der Waals surface area (Å²) in [5.74, 6) is 0.976. The molecular weight excluding hydrogens is 224 g/mol. The largest absolute Gasteiger partial charge is 0.489 e. The number of nitrogens with one attached hydrogen (secondary N) is 1. The van der Waals surface area contributed by atoms with Crippen LogP contribution in [0.1, 0.15) is 12.5 Å². The van der Waals surface area contributed by atoms with E-state index >= 15 is 0 Å². The number of benzene rings is 1. The van der Waals surface area contributed by atoms with Crippen molar-refractivity contribution in [2.75, 3.05) is 26.2 Å². The molecule has 0 amide bonds. The summed E-state index contributed by atoms with van der Waals surface area (Å²) in [4.78, 5) is 2.47. The molecule has 18 heavy (non-hydrogen) atoms. The van der Waals surface area contributed by atoms with E-state index in [2.05, 4.69) is 35.9 Å². The number of piperazine rings is 1. The summed E-state index contributed by atoms with van der Waals surface area (Å²) in [5.41, 5.74) is 1.26. The molecule has 1 fully saturated rings. The fraction of sp³-hybridized carbons (Fsp3) is 0.467. The monoisotopic (exact) mass is 246 g/mol. The first kappa shape index (κ1) is 13.1. The Morgan fingerprint density at radius 2 is 2.33 bits per heavy atom. The Morgan fingerprint density at radius 1 is 1.50 bits per heavy atom. The minimum Gasteiger partial charge on any atom is -0.489 e. The van der Waals surface area contributed by atoms with Gasteiger partial charge in [-0.25, -0.2) is 0 Å². The first-order chi connectivity index (χ1) is 8.79.